The van der Waals surface area contributed by atoms with Gasteiger partial charge in [-0.15, -0.1) is 11.3 Å². The van der Waals surface area contributed by atoms with Crippen LogP contribution in [0.2, 0.25) is 0 Å². The van der Waals surface area contributed by atoms with Crippen LogP contribution in [0.1, 0.15) is 16.0 Å². The lowest BCUT2D eigenvalue weighted by Gasteiger charge is -2.28. The van der Waals surface area contributed by atoms with Crippen LogP contribution in [0.25, 0.3) is 0 Å². The minimum atomic E-state index is -0.328. The zero-order valence-electron chi connectivity index (χ0n) is 19.4. The number of hydrogen-bond acceptors (Lipinski definition) is 5. The van der Waals surface area contributed by atoms with E-state index in [9.17, 15) is 14.0 Å². The molecule has 0 aliphatic rings. The molecule has 0 atom stereocenters. The van der Waals surface area contributed by atoms with Gasteiger partial charge in [-0.2, -0.15) is 0 Å². The normalized spacial score (nSPS) is 10.7. The van der Waals surface area contributed by atoms with Crippen molar-refractivity contribution in [3.8, 4) is 5.75 Å². The highest BCUT2D eigenvalue weighted by Crippen LogP contribution is 2.20. The summed E-state index contributed by atoms with van der Waals surface area (Å²) in [4.78, 5) is 30.5. The van der Waals surface area contributed by atoms with E-state index in [0.717, 1.165) is 16.0 Å². The van der Waals surface area contributed by atoms with Crippen LogP contribution in [0.4, 0.5) is 4.39 Å². The summed E-state index contributed by atoms with van der Waals surface area (Å²) >= 11 is 1.58. The fraction of sp³-hybridized carbons (Fsp3) is 0.308. The lowest BCUT2D eigenvalue weighted by atomic mass is 10.2. The molecule has 0 unspecified atom stereocenters. The van der Waals surface area contributed by atoms with Crippen LogP contribution >= 0.6 is 11.3 Å². The van der Waals surface area contributed by atoms with Crippen molar-refractivity contribution in [1.29, 1.82) is 0 Å². The number of carbonyl (C=O) groups excluding carboxylic acids is 2. The van der Waals surface area contributed by atoms with E-state index in [1.165, 1.54) is 17.0 Å². The number of aryl methyl sites for hydroxylation is 1. The van der Waals surface area contributed by atoms with Gasteiger partial charge in [-0.25, -0.2) is 4.39 Å². The molecule has 0 spiro atoms. The molecular weight excluding hydrogens is 455 g/mol. The monoisotopic (exact) mass is 484 g/mol. The molecule has 0 fully saturated rings. The first kappa shape index (κ1) is 25.4. The van der Waals surface area contributed by atoms with E-state index in [1.54, 1.807) is 47.6 Å². The first-order valence-corrected chi connectivity index (χ1v) is 11.8. The van der Waals surface area contributed by atoms with Crippen LogP contribution < -0.4 is 4.74 Å². The first-order chi connectivity index (χ1) is 16.5. The predicted octanol–water partition coefficient (Wildman–Crippen LogP) is 4.28. The third-order valence-electron chi connectivity index (χ3n) is 5.29. The van der Waals surface area contributed by atoms with Gasteiger partial charge < -0.3 is 19.3 Å². The summed E-state index contributed by atoms with van der Waals surface area (Å²) in [7, 11) is 1.55. The summed E-state index contributed by atoms with van der Waals surface area (Å²) in [6.45, 7) is 3.00. The SMILES string of the molecule is COCCN(CC(=O)N(Cc1ccc(F)cc1)Cc1sccc1C)C(=O)COc1ccccc1. The maximum atomic E-state index is 13.4. The Morgan fingerprint density at radius 3 is 2.32 bits per heavy atom. The molecule has 0 N–H and O–H groups in total. The Bertz CT molecular complexity index is 1060. The average molecular weight is 485 g/mol. The molecule has 0 aliphatic heterocycles. The van der Waals surface area contributed by atoms with Gasteiger partial charge in [0.15, 0.2) is 6.61 Å². The molecule has 0 bridgehead atoms. The van der Waals surface area contributed by atoms with E-state index in [4.69, 9.17) is 9.47 Å². The lowest BCUT2D eigenvalue weighted by Crippen LogP contribution is -2.45. The number of amides is 2. The highest BCUT2D eigenvalue weighted by molar-refractivity contribution is 7.10. The Morgan fingerprint density at radius 1 is 0.941 bits per heavy atom. The zero-order valence-corrected chi connectivity index (χ0v) is 20.2. The average Bonchev–Trinajstić information content (AvgIpc) is 3.25. The van der Waals surface area contributed by atoms with Crippen LogP contribution in [0.5, 0.6) is 5.75 Å². The third-order valence-corrected chi connectivity index (χ3v) is 6.30. The molecule has 6 nitrogen and oxygen atoms in total. The number of thiophene rings is 1. The summed E-state index contributed by atoms with van der Waals surface area (Å²) in [5, 5.41) is 1.99. The molecule has 0 aliphatic carbocycles. The summed E-state index contributed by atoms with van der Waals surface area (Å²) < 4.78 is 24.1. The molecule has 0 saturated heterocycles. The van der Waals surface area contributed by atoms with Crippen molar-refractivity contribution >= 4 is 23.2 Å². The molecule has 3 aromatic rings. The molecule has 8 heteroatoms. The van der Waals surface area contributed by atoms with Gasteiger partial charge >= 0.3 is 0 Å². The quantitative estimate of drug-likeness (QED) is 0.385. The number of carbonyl (C=O) groups is 2. The van der Waals surface area contributed by atoms with Crippen molar-refractivity contribution in [2.45, 2.75) is 20.0 Å². The number of halogens is 1. The van der Waals surface area contributed by atoms with E-state index in [0.29, 0.717) is 25.4 Å². The standard InChI is InChI=1S/C26H29FN2O4S/c1-20-12-15-34-24(20)17-29(16-21-8-10-22(27)11-9-21)25(30)18-28(13-14-32-2)26(31)19-33-23-6-4-3-5-7-23/h3-12,15H,13-14,16-19H2,1-2H3. The van der Waals surface area contributed by atoms with Crippen LogP contribution in [-0.4, -0.2) is 55.0 Å². The summed E-state index contributed by atoms with van der Waals surface area (Å²) in [6, 6.07) is 17.2. The molecule has 1 heterocycles. The second-order valence-electron chi connectivity index (χ2n) is 7.81. The van der Waals surface area contributed by atoms with Crippen LogP contribution in [0.15, 0.2) is 66.0 Å². The van der Waals surface area contributed by atoms with Gasteiger partial charge in [-0.3, -0.25) is 9.59 Å². The molecule has 34 heavy (non-hydrogen) atoms. The van der Waals surface area contributed by atoms with Gasteiger partial charge in [0.1, 0.15) is 11.6 Å². The summed E-state index contributed by atoms with van der Waals surface area (Å²) in [5.74, 6) is -0.255. The first-order valence-electron chi connectivity index (χ1n) is 11.0. The van der Waals surface area contributed by atoms with Gasteiger partial charge in [-0.1, -0.05) is 30.3 Å². The summed E-state index contributed by atoms with van der Waals surface area (Å²) in [5.41, 5.74) is 1.91. The van der Waals surface area contributed by atoms with Gasteiger partial charge in [0.2, 0.25) is 5.91 Å². The van der Waals surface area contributed by atoms with Crippen molar-refractivity contribution in [3.63, 3.8) is 0 Å². The Hall–Kier alpha value is -3.23. The van der Waals surface area contributed by atoms with Crippen molar-refractivity contribution in [3.05, 3.63) is 87.9 Å². The third kappa shape index (κ3) is 7.67. The maximum absolute atomic E-state index is 13.4. The maximum Gasteiger partial charge on any atom is 0.261 e. The molecule has 2 aromatic carbocycles. The second kappa shape index (κ2) is 12.9. The number of methoxy groups -OCH3 is 1. The minimum absolute atomic E-state index is 0.105. The lowest BCUT2D eigenvalue weighted by molar-refractivity contribution is -0.142. The Kier molecular flexibility index (Phi) is 9.61. The van der Waals surface area contributed by atoms with Gasteiger partial charge in [0.25, 0.3) is 5.91 Å². The van der Waals surface area contributed by atoms with Crippen molar-refractivity contribution in [1.82, 2.24) is 9.80 Å². The highest BCUT2D eigenvalue weighted by Gasteiger charge is 2.23. The summed E-state index contributed by atoms with van der Waals surface area (Å²) in [6.07, 6.45) is 0. The number of para-hydroxylation sites is 1. The fourth-order valence-electron chi connectivity index (χ4n) is 3.29. The highest BCUT2D eigenvalue weighted by atomic mass is 32.1. The van der Waals surface area contributed by atoms with Gasteiger partial charge in [0.05, 0.1) is 19.7 Å². The Balaban J connectivity index is 1.72. The molecule has 2 amide bonds. The molecular formula is C26H29FN2O4S. The zero-order chi connectivity index (χ0) is 24.3. The van der Waals surface area contributed by atoms with E-state index in [1.807, 2.05) is 36.6 Å². The fourth-order valence-corrected chi connectivity index (χ4v) is 4.21. The minimum Gasteiger partial charge on any atom is -0.484 e. The van der Waals surface area contributed by atoms with E-state index < -0.39 is 0 Å². The van der Waals surface area contributed by atoms with E-state index >= 15 is 0 Å². The van der Waals surface area contributed by atoms with Crippen LogP contribution in [-0.2, 0) is 27.4 Å². The second-order valence-corrected chi connectivity index (χ2v) is 8.81. The number of nitrogens with zero attached hydrogens (tertiary/aromatic N) is 2. The number of ether oxygens (including phenoxy) is 2. The van der Waals surface area contributed by atoms with Crippen LogP contribution in [0, 0.1) is 12.7 Å². The van der Waals surface area contributed by atoms with Crippen molar-refractivity contribution in [2.24, 2.45) is 0 Å². The van der Waals surface area contributed by atoms with Gasteiger partial charge in [0, 0.05) is 25.1 Å². The Labute approximate surface area is 203 Å². The molecule has 180 valence electrons. The van der Waals surface area contributed by atoms with E-state index in [-0.39, 0.29) is 37.3 Å². The smallest absolute Gasteiger partial charge is 0.261 e. The topological polar surface area (TPSA) is 59.1 Å². The molecule has 3 rings (SSSR count). The molecule has 0 saturated carbocycles. The van der Waals surface area contributed by atoms with Crippen LogP contribution in [0.3, 0.4) is 0 Å². The molecule has 0 radical (unpaired) electrons. The van der Waals surface area contributed by atoms with Gasteiger partial charge in [-0.05, 0) is 53.8 Å². The number of rotatable bonds is 12. The largest absolute Gasteiger partial charge is 0.484 e. The number of hydrogen-bond donors (Lipinski definition) is 0. The van der Waals surface area contributed by atoms with E-state index in [2.05, 4.69) is 0 Å². The molecule has 1 aromatic heterocycles. The Morgan fingerprint density at radius 2 is 1.68 bits per heavy atom. The predicted molar refractivity (Wildman–Crippen MR) is 130 cm³/mol. The van der Waals surface area contributed by atoms with Crippen molar-refractivity contribution < 1.29 is 23.5 Å². The number of benzene rings is 2. The van der Waals surface area contributed by atoms with Crippen molar-refractivity contribution in [2.75, 3.05) is 33.4 Å².